The van der Waals surface area contributed by atoms with Gasteiger partial charge in [-0.15, -0.1) is 11.3 Å². The number of aromatic nitrogens is 1. The van der Waals surface area contributed by atoms with Crippen molar-refractivity contribution in [2.24, 2.45) is 16.8 Å². The molecule has 0 aromatic carbocycles. The number of nitrogens with one attached hydrogen (secondary N) is 2. The molecule has 2 N–H and O–H groups in total. The first kappa shape index (κ1) is 16.3. The zero-order chi connectivity index (χ0) is 15.1. The van der Waals surface area contributed by atoms with Crippen LogP contribution in [-0.4, -0.2) is 24.5 Å². The molecule has 0 spiro atoms. The molecule has 1 saturated carbocycles. The molecule has 2 atom stereocenters. The number of rotatable bonds is 5. The fourth-order valence-electron chi connectivity index (χ4n) is 3.08. The van der Waals surface area contributed by atoms with Gasteiger partial charge in [0.25, 0.3) is 0 Å². The molecule has 0 bridgehead atoms. The van der Waals surface area contributed by atoms with Crippen molar-refractivity contribution in [2.45, 2.75) is 52.5 Å². The molecule has 118 valence electrons. The van der Waals surface area contributed by atoms with Crippen molar-refractivity contribution in [3.63, 3.8) is 0 Å². The third-order valence-electron chi connectivity index (χ3n) is 4.19. The number of guanidine groups is 1. The van der Waals surface area contributed by atoms with E-state index in [1.165, 1.54) is 37.0 Å². The van der Waals surface area contributed by atoms with Crippen LogP contribution in [0, 0.1) is 18.8 Å². The van der Waals surface area contributed by atoms with Gasteiger partial charge in [0.2, 0.25) is 0 Å². The van der Waals surface area contributed by atoms with Crippen molar-refractivity contribution in [1.82, 2.24) is 15.6 Å². The molecule has 1 heterocycles. The third kappa shape index (κ3) is 5.65. The van der Waals surface area contributed by atoms with Crippen molar-refractivity contribution in [1.29, 1.82) is 0 Å². The molecule has 0 amide bonds. The zero-order valence-corrected chi connectivity index (χ0v) is 14.3. The van der Waals surface area contributed by atoms with Gasteiger partial charge in [-0.1, -0.05) is 26.2 Å². The summed E-state index contributed by atoms with van der Waals surface area (Å²) in [5.41, 5.74) is 0. The number of hydrogen-bond donors (Lipinski definition) is 2. The maximum atomic E-state index is 4.36. The van der Waals surface area contributed by atoms with Gasteiger partial charge < -0.3 is 10.6 Å². The Bertz CT molecular complexity index is 455. The molecule has 1 aliphatic rings. The predicted molar refractivity (Wildman–Crippen MR) is 90.8 cm³/mol. The Morgan fingerprint density at radius 3 is 2.95 bits per heavy atom. The van der Waals surface area contributed by atoms with E-state index in [4.69, 9.17) is 0 Å². The Morgan fingerprint density at radius 2 is 2.29 bits per heavy atom. The zero-order valence-electron chi connectivity index (χ0n) is 13.5. The van der Waals surface area contributed by atoms with E-state index in [1.54, 1.807) is 11.3 Å². The predicted octanol–water partition coefficient (Wildman–Crippen LogP) is 3.33. The highest BCUT2D eigenvalue weighted by molar-refractivity contribution is 7.11. The Balaban J connectivity index is 1.65. The first-order valence-corrected chi connectivity index (χ1v) is 8.85. The molecule has 1 aliphatic carbocycles. The Hall–Kier alpha value is -1.10. The largest absolute Gasteiger partial charge is 0.356 e. The molecule has 1 aromatic heterocycles. The lowest BCUT2D eigenvalue weighted by molar-refractivity contribution is 0.270. The molecule has 1 aromatic rings. The van der Waals surface area contributed by atoms with E-state index < -0.39 is 0 Å². The Labute approximate surface area is 132 Å². The van der Waals surface area contributed by atoms with Crippen LogP contribution in [0.4, 0.5) is 0 Å². The number of aliphatic imine (C=N–C) groups is 1. The normalized spacial score (nSPS) is 23.1. The van der Waals surface area contributed by atoms with Crippen LogP contribution in [0.5, 0.6) is 0 Å². The average Bonchev–Trinajstić information content (AvgIpc) is 2.88. The lowest BCUT2D eigenvalue weighted by atomic mass is 9.81. The van der Waals surface area contributed by atoms with Crippen LogP contribution in [0.1, 0.15) is 48.9 Å². The number of thiazole rings is 1. The summed E-state index contributed by atoms with van der Waals surface area (Å²) in [6, 6.07) is 0. The van der Waals surface area contributed by atoms with Crippen LogP contribution in [0.25, 0.3) is 0 Å². The van der Waals surface area contributed by atoms with Crippen LogP contribution in [0.3, 0.4) is 0 Å². The minimum atomic E-state index is 0.749. The van der Waals surface area contributed by atoms with Gasteiger partial charge in [0.1, 0.15) is 5.01 Å². The first-order valence-electron chi connectivity index (χ1n) is 8.03. The van der Waals surface area contributed by atoms with E-state index in [2.05, 4.69) is 34.5 Å². The molecule has 5 heteroatoms. The number of aryl methyl sites for hydroxylation is 1. The summed E-state index contributed by atoms with van der Waals surface area (Å²) in [5.74, 6) is 2.68. The summed E-state index contributed by atoms with van der Waals surface area (Å²) in [7, 11) is 1.82. The molecule has 0 radical (unpaired) electrons. The van der Waals surface area contributed by atoms with Gasteiger partial charge in [0, 0.05) is 24.7 Å². The first-order chi connectivity index (χ1) is 10.2. The fourth-order valence-corrected chi connectivity index (χ4v) is 3.81. The highest BCUT2D eigenvalue weighted by atomic mass is 32.1. The molecule has 0 aliphatic heterocycles. The molecular formula is C16H28N4S. The summed E-state index contributed by atoms with van der Waals surface area (Å²) in [5, 5.41) is 7.86. The summed E-state index contributed by atoms with van der Waals surface area (Å²) in [4.78, 5) is 9.89. The van der Waals surface area contributed by atoms with Crippen LogP contribution in [0.15, 0.2) is 11.2 Å². The molecular weight excluding hydrogens is 280 g/mol. The van der Waals surface area contributed by atoms with Gasteiger partial charge in [-0.05, 0) is 31.6 Å². The van der Waals surface area contributed by atoms with Crippen molar-refractivity contribution in [3.05, 3.63) is 16.1 Å². The van der Waals surface area contributed by atoms with E-state index in [0.717, 1.165) is 35.9 Å². The molecule has 21 heavy (non-hydrogen) atoms. The van der Waals surface area contributed by atoms with Gasteiger partial charge in [0.05, 0.1) is 6.54 Å². The maximum Gasteiger partial charge on any atom is 0.191 e. The highest BCUT2D eigenvalue weighted by Crippen LogP contribution is 2.30. The summed E-state index contributed by atoms with van der Waals surface area (Å²) >= 11 is 1.73. The second-order valence-electron chi connectivity index (χ2n) is 6.14. The Kier molecular flexibility index (Phi) is 6.49. The van der Waals surface area contributed by atoms with E-state index >= 15 is 0 Å². The van der Waals surface area contributed by atoms with Crippen LogP contribution >= 0.6 is 11.3 Å². The van der Waals surface area contributed by atoms with Crippen molar-refractivity contribution < 1.29 is 0 Å². The molecule has 2 unspecified atom stereocenters. The third-order valence-corrected chi connectivity index (χ3v) is 5.10. The van der Waals surface area contributed by atoms with Crippen LogP contribution in [0.2, 0.25) is 0 Å². The molecule has 1 fully saturated rings. The molecule has 2 rings (SSSR count). The van der Waals surface area contributed by atoms with Crippen LogP contribution in [-0.2, 0) is 6.54 Å². The van der Waals surface area contributed by atoms with Gasteiger partial charge in [0.15, 0.2) is 5.96 Å². The summed E-state index contributed by atoms with van der Waals surface area (Å²) in [6.45, 7) is 6.22. The number of nitrogens with zero attached hydrogens (tertiary/aromatic N) is 2. The minimum Gasteiger partial charge on any atom is -0.356 e. The van der Waals surface area contributed by atoms with Crippen molar-refractivity contribution in [3.8, 4) is 0 Å². The monoisotopic (exact) mass is 308 g/mol. The minimum absolute atomic E-state index is 0.749. The second kappa shape index (κ2) is 8.37. The van der Waals surface area contributed by atoms with Crippen molar-refractivity contribution in [2.75, 3.05) is 13.6 Å². The fraction of sp³-hybridized carbons (Fsp3) is 0.750. The van der Waals surface area contributed by atoms with E-state index in [1.807, 2.05) is 13.2 Å². The lowest BCUT2D eigenvalue weighted by Gasteiger charge is -2.26. The van der Waals surface area contributed by atoms with Crippen LogP contribution < -0.4 is 10.6 Å². The maximum absolute atomic E-state index is 4.36. The van der Waals surface area contributed by atoms with Gasteiger partial charge >= 0.3 is 0 Å². The highest BCUT2D eigenvalue weighted by Gasteiger charge is 2.18. The topological polar surface area (TPSA) is 49.3 Å². The average molecular weight is 308 g/mol. The lowest BCUT2D eigenvalue weighted by Crippen LogP contribution is -2.38. The summed E-state index contributed by atoms with van der Waals surface area (Å²) < 4.78 is 0. The smallest absolute Gasteiger partial charge is 0.191 e. The second-order valence-corrected chi connectivity index (χ2v) is 7.46. The Morgan fingerprint density at radius 1 is 1.43 bits per heavy atom. The quantitative estimate of drug-likeness (QED) is 0.648. The van der Waals surface area contributed by atoms with Gasteiger partial charge in [-0.25, -0.2) is 4.98 Å². The molecule has 4 nitrogen and oxygen atoms in total. The van der Waals surface area contributed by atoms with E-state index in [9.17, 15) is 0 Å². The van der Waals surface area contributed by atoms with Gasteiger partial charge in [-0.2, -0.15) is 0 Å². The summed E-state index contributed by atoms with van der Waals surface area (Å²) in [6.07, 6.45) is 8.79. The SMILES string of the molecule is CN=C(NCCC1CCCC(C)C1)NCc1ncc(C)s1. The van der Waals surface area contributed by atoms with Gasteiger partial charge in [-0.3, -0.25) is 4.99 Å². The standard InChI is InChI=1S/C16H28N4S/c1-12-5-4-6-14(9-12)7-8-18-16(17-3)20-11-15-19-10-13(2)21-15/h10,12,14H,4-9,11H2,1-3H3,(H2,17,18,20). The molecule has 0 saturated heterocycles. The van der Waals surface area contributed by atoms with E-state index in [-0.39, 0.29) is 0 Å². The number of hydrogen-bond acceptors (Lipinski definition) is 3. The van der Waals surface area contributed by atoms with Crippen molar-refractivity contribution >= 4 is 17.3 Å². The van der Waals surface area contributed by atoms with E-state index in [0.29, 0.717) is 0 Å².